The quantitative estimate of drug-likeness (QED) is 0.258. The van der Waals surface area contributed by atoms with E-state index >= 15 is 0 Å². The molecule has 186 valence electrons. The summed E-state index contributed by atoms with van der Waals surface area (Å²) >= 11 is 6.93. The fourth-order valence-corrected chi connectivity index (χ4v) is 6.78. The van der Waals surface area contributed by atoms with E-state index in [0.29, 0.717) is 16.8 Å². The van der Waals surface area contributed by atoms with Crippen molar-refractivity contribution in [3.8, 4) is 0 Å². The van der Waals surface area contributed by atoms with Crippen LogP contribution < -0.4 is 5.32 Å². The number of hydrogen-bond acceptors (Lipinski definition) is 4. The predicted octanol–water partition coefficient (Wildman–Crippen LogP) is 5.85. The summed E-state index contributed by atoms with van der Waals surface area (Å²) in [7, 11) is -3.87. The normalized spacial score (nSPS) is 16.2. The third-order valence-electron chi connectivity index (χ3n) is 6.57. The molecule has 1 aliphatic heterocycles. The maximum absolute atomic E-state index is 13.6. The van der Waals surface area contributed by atoms with Crippen LogP contribution in [0.15, 0.2) is 91.9 Å². The Morgan fingerprint density at radius 3 is 2.41 bits per heavy atom. The Morgan fingerprint density at radius 2 is 1.68 bits per heavy atom. The number of aliphatic imine (C=N–C) groups is 1. The van der Waals surface area contributed by atoms with Crippen LogP contribution in [-0.2, 0) is 14.8 Å². The molecule has 0 fully saturated rings. The first-order valence-electron chi connectivity index (χ1n) is 11.5. The molecular weight excluding hydrogens is 620 g/mol. The monoisotopic (exact) mass is 638 g/mol. The zero-order chi connectivity index (χ0) is 25.9. The van der Waals surface area contributed by atoms with E-state index in [0.717, 1.165) is 36.4 Å². The molecule has 10 heteroatoms. The molecule has 0 saturated carbocycles. The van der Waals surface area contributed by atoms with E-state index in [1.807, 2.05) is 37.3 Å². The van der Waals surface area contributed by atoms with Gasteiger partial charge in [0.1, 0.15) is 5.71 Å². The average molecular weight is 640 g/mol. The van der Waals surface area contributed by atoms with Crippen LogP contribution in [0.1, 0.15) is 22.7 Å². The van der Waals surface area contributed by atoms with Crippen LogP contribution in [-0.4, -0.2) is 35.5 Å². The SMILES string of the molecule is Cc1ccc(S(=O)(=O)n2cc([C@H]3CN=C(c4c[nH]c5cc(Br)ccc45)C(=O)N3)c3ccc(Br)cc32)cc1. The standard InChI is InChI=1S/C27H20Br2N4O3S/c1-15-2-6-18(7-3-15)37(35,36)33-14-22(20-9-5-17(29)11-25(20)33)24-13-31-26(27(34)32-24)21-12-30-23-10-16(28)4-8-19(21)23/h2-12,14,24,30H,13H2,1H3,(H,32,34)/t24-/m1/s1. The minimum absolute atomic E-state index is 0.195. The lowest BCUT2D eigenvalue weighted by atomic mass is 10.0. The number of nitrogens with one attached hydrogen (secondary N) is 2. The van der Waals surface area contributed by atoms with Gasteiger partial charge in [0.25, 0.3) is 15.9 Å². The molecule has 3 heterocycles. The third kappa shape index (κ3) is 4.13. The number of hydrogen-bond donors (Lipinski definition) is 2. The third-order valence-corrected chi connectivity index (χ3v) is 9.24. The predicted molar refractivity (Wildman–Crippen MR) is 152 cm³/mol. The van der Waals surface area contributed by atoms with E-state index in [1.54, 1.807) is 42.7 Å². The van der Waals surface area contributed by atoms with Crippen LogP contribution in [0.5, 0.6) is 0 Å². The molecule has 0 saturated heterocycles. The maximum atomic E-state index is 13.6. The van der Waals surface area contributed by atoms with Gasteiger partial charge in [0.15, 0.2) is 0 Å². The van der Waals surface area contributed by atoms with E-state index < -0.39 is 16.1 Å². The molecule has 1 amide bonds. The Morgan fingerprint density at radius 1 is 0.973 bits per heavy atom. The van der Waals surface area contributed by atoms with Gasteiger partial charge in [-0.1, -0.05) is 61.7 Å². The molecule has 0 bridgehead atoms. The minimum Gasteiger partial charge on any atom is -0.360 e. The first kappa shape index (κ1) is 24.1. The van der Waals surface area contributed by atoms with Crippen molar-refractivity contribution in [2.75, 3.05) is 6.54 Å². The summed E-state index contributed by atoms with van der Waals surface area (Å²) in [5.74, 6) is -0.306. The summed E-state index contributed by atoms with van der Waals surface area (Å²) in [6, 6.07) is 17.6. The summed E-state index contributed by atoms with van der Waals surface area (Å²) < 4.78 is 30.2. The van der Waals surface area contributed by atoms with Crippen LogP contribution in [0.4, 0.5) is 0 Å². The average Bonchev–Trinajstić information content (AvgIpc) is 3.45. The number of aromatic amines is 1. The lowest BCUT2D eigenvalue weighted by Crippen LogP contribution is -2.40. The summed E-state index contributed by atoms with van der Waals surface area (Å²) in [4.78, 5) is 21.3. The van der Waals surface area contributed by atoms with Gasteiger partial charge in [-0.15, -0.1) is 0 Å². The smallest absolute Gasteiger partial charge is 0.270 e. The molecule has 5 aromatic rings. The lowest BCUT2D eigenvalue weighted by Gasteiger charge is -2.22. The highest BCUT2D eigenvalue weighted by molar-refractivity contribution is 9.10. The molecular formula is C27H20Br2N4O3S. The number of H-pyrrole nitrogens is 1. The molecule has 1 atom stereocenters. The second kappa shape index (κ2) is 8.97. The highest BCUT2D eigenvalue weighted by Gasteiger charge is 2.30. The zero-order valence-corrected chi connectivity index (χ0v) is 23.5. The number of fused-ring (bicyclic) bond motifs is 2. The van der Waals surface area contributed by atoms with E-state index in [9.17, 15) is 13.2 Å². The number of aromatic nitrogens is 2. The van der Waals surface area contributed by atoms with E-state index in [-0.39, 0.29) is 17.3 Å². The molecule has 0 aliphatic carbocycles. The number of rotatable bonds is 4. The molecule has 0 radical (unpaired) electrons. The largest absolute Gasteiger partial charge is 0.360 e. The number of amides is 1. The molecule has 2 N–H and O–H groups in total. The van der Waals surface area contributed by atoms with E-state index in [4.69, 9.17) is 0 Å². The first-order valence-corrected chi connectivity index (χ1v) is 14.5. The molecule has 1 aliphatic rings. The summed E-state index contributed by atoms with van der Waals surface area (Å²) in [6.45, 7) is 2.19. The lowest BCUT2D eigenvalue weighted by molar-refractivity contribution is -0.115. The van der Waals surface area contributed by atoms with Crippen LogP contribution >= 0.6 is 31.9 Å². The Labute approximate surface area is 229 Å². The Hall–Kier alpha value is -3.21. The van der Waals surface area contributed by atoms with E-state index in [2.05, 4.69) is 47.2 Å². The van der Waals surface area contributed by atoms with Gasteiger partial charge >= 0.3 is 0 Å². The second-order valence-electron chi connectivity index (χ2n) is 8.97. The van der Waals surface area contributed by atoms with Crippen molar-refractivity contribution in [3.63, 3.8) is 0 Å². The molecule has 3 aromatic carbocycles. The van der Waals surface area contributed by atoms with E-state index in [1.165, 1.54) is 3.97 Å². The molecule has 2 aromatic heterocycles. The Kier molecular flexibility index (Phi) is 5.85. The van der Waals surface area contributed by atoms with Crippen molar-refractivity contribution in [2.45, 2.75) is 17.9 Å². The van der Waals surface area contributed by atoms with Crippen LogP contribution in [0.25, 0.3) is 21.8 Å². The van der Waals surface area contributed by atoms with Gasteiger partial charge in [0, 0.05) is 48.8 Å². The van der Waals surface area contributed by atoms with Gasteiger partial charge in [0.05, 0.1) is 23.0 Å². The van der Waals surface area contributed by atoms with Gasteiger partial charge in [-0.25, -0.2) is 12.4 Å². The van der Waals surface area contributed by atoms with Crippen molar-refractivity contribution in [2.24, 2.45) is 4.99 Å². The van der Waals surface area contributed by atoms with Crippen molar-refractivity contribution >= 4 is 75.3 Å². The number of benzene rings is 3. The van der Waals surface area contributed by atoms with Crippen LogP contribution in [0, 0.1) is 6.92 Å². The summed E-state index contributed by atoms with van der Waals surface area (Å²) in [6.07, 6.45) is 3.38. The zero-order valence-electron chi connectivity index (χ0n) is 19.5. The van der Waals surface area contributed by atoms with Gasteiger partial charge in [-0.3, -0.25) is 9.79 Å². The second-order valence-corrected chi connectivity index (χ2v) is 12.6. The summed E-state index contributed by atoms with van der Waals surface area (Å²) in [5.41, 5.74) is 4.17. The Balaban J connectivity index is 1.42. The number of halogens is 2. The number of carbonyl (C=O) groups is 1. The fourth-order valence-electron chi connectivity index (χ4n) is 4.70. The molecule has 6 rings (SSSR count). The van der Waals surface area contributed by atoms with Crippen molar-refractivity contribution in [1.29, 1.82) is 0 Å². The summed E-state index contributed by atoms with van der Waals surface area (Å²) in [5, 5.41) is 4.69. The maximum Gasteiger partial charge on any atom is 0.270 e. The van der Waals surface area contributed by atoms with Crippen molar-refractivity contribution in [3.05, 3.63) is 98.7 Å². The molecule has 0 spiro atoms. The van der Waals surface area contributed by atoms with Gasteiger partial charge in [-0.05, 0) is 43.3 Å². The number of aryl methyl sites for hydroxylation is 1. The highest BCUT2D eigenvalue weighted by Crippen LogP contribution is 2.33. The minimum atomic E-state index is -3.87. The fraction of sp³-hybridized carbons (Fsp3) is 0.111. The van der Waals surface area contributed by atoms with Crippen LogP contribution in [0.2, 0.25) is 0 Å². The van der Waals surface area contributed by atoms with Crippen molar-refractivity contribution < 1.29 is 13.2 Å². The molecule has 7 nitrogen and oxygen atoms in total. The molecule has 0 unspecified atom stereocenters. The number of carbonyl (C=O) groups excluding carboxylic acids is 1. The first-order chi connectivity index (χ1) is 17.7. The van der Waals surface area contributed by atoms with Crippen LogP contribution in [0.3, 0.4) is 0 Å². The van der Waals surface area contributed by atoms with Gasteiger partial charge in [0.2, 0.25) is 0 Å². The number of nitrogens with zero attached hydrogens (tertiary/aromatic N) is 2. The molecule has 37 heavy (non-hydrogen) atoms. The topological polar surface area (TPSA) is 96.3 Å². The Bertz CT molecular complexity index is 1850. The van der Waals surface area contributed by atoms with Gasteiger partial charge in [-0.2, -0.15) is 0 Å². The highest BCUT2D eigenvalue weighted by atomic mass is 79.9. The van der Waals surface area contributed by atoms with Crippen molar-refractivity contribution in [1.82, 2.24) is 14.3 Å². The van der Waals surface area contributed by atoms with Gasteiger partial charge < -0.3 is 10.3 Å².